The zero-order chi connectivity index (χ0) is 13.1. The summed E-state index contributed by atoms with van der Waals surface area (Å²) in [5.74, 6) is 0.918. The summed E-state index contributed by atoms with van der Waals surface area (Å²) in [5.41, 5.74) is 2.33. The maximum Gasteiger partial charge on any atom is 0.147 e. The predicted octanol–water partition coefficient (Wildman–Crippen LogP) is 2.43. The van der Waals surface area contributed by atoms with Crippen molar-refractivity contribution < 1.29 is 0 Å². The van der Waals surface area contributed by atoms with Crippen molar-refractivity contribution in [2.45, 2.75) is 32.0 Å². The fourth-order valence-electron chi connectivity index (χ4n) is 1.91. The van der Waals surface area contributed by atoms with Gasteiger partial charge in [0.15, 0.2) is 0 Å². The second-order valence-corrected chi connectivity index (χ2v) is 5.79. The van der Waals surface area contributed by atoms with Crippen LogP contribution in [0.5, 0.6) is 0 Å². The molecule has 0 aromatic carbocycles. The van der Waals surface area contributed by atoms with Crippen LogP contribution in [-0.4, -0.2) is 23.1 Å². The Kier molecular flexibility index (Phi) is 3.75. The van der Waals surface area contributed by atoms with Gasteiger partial charge in [-0.3, -0.25) is 4.98 Å². The van der Waals surface area contributed by atoms with Gasteiger partial charge in [-0.05, 0) is 35.2 Å². The van der Waals surface area contributed by atoms with Gasteiger partial charge in [-0.25, -0.2) is 4.98 Å². The molecule has 0 amide bonds. The molecule has 0 aliphatic heterocycles. The summed E-state index contributed by atoms with van der Waals surface area (Å²) in [5, 5.41) is 7.71. The van der Waals surface area contributed by atoms with Crippen molar-refractivity contribution in [2.75, 3.05) is 11.9 Å². The molecule has 5 heteroatoms. The first-order valence-corrected chi connectivity index (χ1v) is 7.52. The lowest BCUT2D eigenvalue weighted by molar-refractivity contribution is 0.671. The molecule has 1 aliphatic rings. The molecule has 100 valence electrons. The third kappa shape index (κ3) is 3.52. The third-order valence-electron chi connectivity index (χ3n) is 3.23. The number of hydrogen-bond acceptors (Lipinski definition) is 5. The highest BCUT2D eigenvalue weighted by atomic mass is 32.1. The van der Waals surface area contributed by atoms with Gasteiger partial charge in [0.25, 0.3) is 0 Å². The van der Waals surface area contributed by atoms with Gasteiger partial charge in [-0.1, -0.05) is 0 Å². The summed E-state index contributed by atoms with van der Waals surface area (Å²) < 4.78 is 0. The molecule has 0 unspecified atom stereocenters. The first kappa shape index (κ1) is 12.6. The summed E-state index contributed by atoms with van der Waals surface area (Å²) in [4.78, 5) is 11.1. The first-order chi connectivity index (χ1) is 9.31. The van der Waals surface area contributed by atoms with Crippen LogP contribution in [0.25, 0.3) is 0 Å². The Hall–Kier alpha value is -1.46. The number of rotatable bonds is 6. The zero-order valence-corrected chi connectivity index (χ0v) is 11.9. The van der Waals surface area contributed by atoms with E-state index in [4.69, 9.17) is 0 Å². The minimum Gasteiger partial charge on any atom is -0.354 e. The van der Waals surface area contributed by atoms with Gasteiger partial charge in [0.05, 0.1) is 18.1 Å². The fraction of sp³-hybridized carbons (Fsp3) is 0.429. The van der Waals surface area contributed by atoms with Gasteiger partial charge in [0, 0.05) is 26.2 Å². The molecule has 1 N–H and O–H groups in total. The normalized spacial score (nSPS) is 14.6. The zero-order valence-electron chi connectivity index (χ0n) is 11.0. The van der Waals surface area contributed by atoms with Crippen molar-refractivity contribution in [3.63, 3.8) is 0 Å². The third-order valence-corrected chi connectivity index (χ3v) is 3.96. The molecule has 4 nitrogen and oxygen atoms in total. The Morgan fingerprint density at radius 3 is 2.89 bits per heavy atom. The lowest BCUT2D eigenvalue weighted by atomic mass is 10.3. The molecular weight excluding hydrogens is 256 g/mol. The van der Waals surface area contributed by atoms with E-state index in [1.54, 1.807) is 11.3 Å². The Morgan fingerprint density at radius 2 is 2.26 bits per heavy atom. The van der Waals surface area contributed by atoms with Crippen LogP contribution in [-0.2, 0) is 13.1 Å². The predicted molar refractivity (Wildman–Crippen MR) is 78.3 cm³/mol. The van der Waals surface area contributed by atoms with E-state index in [9.17, 15) is 0 Å². The van der Waals surface area contributed by atoms with E-state index in [0.717, 1.165) is 24.6 Å². The number of nitrogens with zero attached hydrogens (tertiary/aromatic N) is 3. The van der Waals surface area contributed by atoms with Crippen LogP contribution in [0.4, 0.5) is 5.82 Å². The summed E-state index contributed by atoms with van der Waals surface area (Å²) in [7, 11) is 2.05. The van der Waals surface area contributed by atoms with E-state index >= 15 is 0 Å². The molecule has 0 spiro atoms. The van der Waals surface area contributed by atoms with E-state index in [2.05, 4.69) is 37.0 Å². The number of aromatic nitrogens is 2. The Labute approximate surface area is 117 Å². The summed E-state index contributed by atoms with van der Waals surface area (Å²) in [6, 6.07) is 2.85. The van der Waals surface area contributed by atoms with Gasteiger partial charge in [-0.15, -0.1) is 0 Å². The molecule has 1 fully saturated rings. The highest BCUT2D eigenvalue weighted by Gasteiger charge is 2.20. The highest BCUT2D eigenvalue weighted by Crippen LogP contribution is 2.19. The van der Waals surface area contributed by atoms with Crippen LogP contribution >= 0.6 is 11.3 Å². The second kappa shape index (κ2) is 5.67. The van der Waals surface area contributed by atoms with Crippen LogP contribution in [0.3, 0.4) is 0 Å². The van der Waals surface area contributed by atoms with Crippen molar-refractivity contribution in [3.05, 3.63) is 40.5 Å². The molecule has 1 aliphatic carbocycles. The molecule has 1 saturated carbocycles. The molecule has 2 aromatic heterocycles. The highest BCUT2D eigenvalue weighted by molar-refractivity contribution is 7.07. The van der Waals surface area contributed by atoms with Crippen molar-refractivity contribution in [3.8, 4) is 0 Å². The standard InChI is InChI=1S/C14H18N4S/c1-18(9-11-4-5-19-10-11)14-8-16-13(7-17-14)6-15-12-2-3-12/h4-5,7-8,10,12,15H,2-3,6,9H2,1H3. The lowest BCUT2D eigenvalue weighted by Crippen LogP contribution is -2.19. The van der Waals surface area contributed by atoms with Crippen LogP contribution in [0.15, 0.2) is 29.2 Å². The van der Waals surface area contributed by atoms with Gasteiger partial charge >= 0.3 is 0 Å². The lowest BCUT2D eigenvalue weighted by Gasteiger charge is -2.17. The van der Waals surface area contributed by atoms with E-state index in [1.165, 1.54) is 18.4 Å². The summed E-state index contributed by atoms with van der Waals surface area (Å²) >= 11 is 1.72. The molecule has 0 atom stereocenters. The summed E-state index contributed by atoms with van der Waals surface area (Å²) in [6.07, 6.45) is 6.33. The van der Waals surface area contributed by atoms with Crippen LogP contribution < -0.4 is 10.2 Å². The number of hydrogen-bond donors (Lipinski definition) is 1. The smallest absolute Gasteiger partial charge is 0.147 e. The topological polar surface area (TPSA) is 41.1 Å². The molecule has 19 heavy (non-hydrogen) atoms. The second-order valence-electron chi connectivity index (χ2n) is 5.01. The first-order valence-electron chi connectivity index (χ1n) is 6.58. The minimum absolute atomic E-state index is 0.711. The molecular formula is C14H18N4S. The molecule has 2 heterocycles. The van der Waals surface area contributed by atoms with Crippen molar-refractivity contribution >= 4 is 17.2 Å². The van der Waals surface area contributed by atoms with Gasteiger partial charge in [0.2, 0.25) is 0 Å². The summed E-state index contributed by atoms with van der Waals surface area (Å²) in [6.45, 7) is 1.70. The molecule has 3 rings (SSSR count). The van der Waals surface area contributed by atoms with Gasteiger partial charge in [0.1, 0.15) is 5.82 Å². The number of anilines is 1. The van der Waals surface area contributed by atoms with Crippen LogP contribution in [0.1, 0.15) is 24.1 Å². The van der Waals surface area contributed by atoms with Crippen LogP contribution in [0, 0.1) is 0 Å². The van der Waals surface area contributed by atoms with Crippen LogP contribution in [0.2, 0.25) is 0 Å². The quantitative estimate of drug-likeness (QED) is 0.878. The van der Waals surface area contributed by atoms with Gasteiger partial charge in [-0.2, -0.15) is 11.3 Å². The van der Waals surface area contributed by atoms with E-state index in [-0.39, 0.29) is 0 Å². The van der Waals surface area contributed by atoms with E-state index < -0.39 is 0 Å². The largest absolute Gasteiger partial charge is 0.354 e. The molecule has 0 radical (unpaired) electrons. The number of thiophene rings is 1. The average molecular weight is 274 g/mol. The minimum atomic E-state index is 0.711. The average Bonchev–Trinajstić information content (AvgIpc) is 3.13. The Balaban J connectivity index is 1.57. The number of nitrogens with one attached hydrogen (secondary N) is 1. The molecule has 0 saturated heterocycles. The maximum absolute atomic E-state index is 4.48. The van der Waals surface area contributed by atoms with Gasteiger partial charge < -0.3 is 10.2 Å². The van der Waals surface area contributed by atoms with Crippen molar-refractivity contribution in [1.29, 1.82) is 0 Å². The van der Waals surface area contributed by atoms with Crippen molar-refractivity contribution in [2.24, 2.45) is 0 Å². The van der Waals surface area contributed by atoms with E-state index in [1.807, 2.05) is 19.4 Å². The van der Waals surface area contributed by atoms with E-state index in [0.29, 0.717) is 6.04 Å². The SMILES string of the molecule is CN(Cc1ccsc1)c1cnc(CNC2CC2)cn1. The maximum atomic E-state index is 4.48. The Morgan fingerprint density at radius 1 is 1.37 bits per heavy atom. The van der Waals surface area contributed by atoms with Crippen molar-refractivity contribution in [1.82, 2.24) is 15.3 Å². The molecule has 0 bridgehead atoms. The Bertz CT molecular complexity index is 505. The monoisotopic (exact) mass is 274 g/mol. The molecule has 2 aromatic rings. The fourth-order valence-corrected chi connectivity index (χ4v) is 2.57.